The Hall–Kier alpha value is -4.21. The van der Waals surface area contributed by atoms with Crippen molar-refractivity contribution in [2.45, 2.75) is 40.2 Å². The minimum Gasteiger partial charge on any atom is -0.496 e. The normalized spacial score (nSPS) is 11.5. The summed E-state index contributed by atoms with van der Waals surface area (Å²) >= 11 is 10.3. The number of nitrogens with zero attached hydrogens (tertiary/aromatic N) is 3. The molecule has 0 atom stereocenters. The molecule has 0 saturated carbocycles. The van der Waals surface area contributed by atoms with E-state index in [-0.39, 0.29) is 28.9 Å². The van der Waals surface area contributed by atoms with Crippen molar-refractivity contribution in [3.63, 3.8) is 0 Å². The van der Waals surface area contributed by atoms with Crippen LogP contribution >= 0.6 is 27.5 Å². The summed E-state index contributed by atoms with van der Waals surface area (Å²) in [5.41, 5.74) is 4.05. The average Bonchev–Trinajstić information content (AvgIpc) is 3.02. The van der Waals surface area contributed by atoms with Gasteiger partial charge in [-0.15, -0.1) is 0 Å². The number of aryl methyl sites for hydroxylation is 1. The second-order valence-corrected chi connectivity index (χ2v) is 11.8. The van der Waals surface area contributed by atoms with E-state index >= 15 is 0 Å². The number of rotatable bonds is 10. The largest absolute Gasteiger partial charge is 0.496 e. The molecule has 232 valence electrons. The third-order valence-electron chi connectivity index (χ3n) is 7.23. The molecule has 0 bridgehead atoms. The van der Waals surface area contributed by atoms with Crippen molar-refractivity contribution in [2.24, 2.45) is 5.10 Å². The summed E-state index contributed by atoms with van der Waals surface area (Å²) in [5, 5.41) is 5.33. The van der Waals surface area contributed by atoms with E-state index in [2.05, 4.69) is 34.9 Å². The maximum Gasteiger partial charge on any atom is 0.282 e. The number of halogens is 3. The zero-order valence-corrected chi connectivity index (χ0v) is 27.9. The topological polar surface area (TPSA) is 74.9 Å². The molecule has 0 amide bonds. The highest BCUT2D eigenvalue weighted by molar-refractivity contribution is 9.10. The van der Waals surface area contributed by atoms with Gasteiger partial charge < -0.3 is 14.2 Å². The summed E-state index contributed by atoms with van der Waals surface area (Å²) in [7, 11) is 1.64. The first-order valence-electron chi connectivity index (χ1n) is 14.4. The van der Waals surface area contributed by atoms with Crippen molar-refractivity contribution < 1.29 is 18.6 Å². The fourth-order valence-electron chi connectivity index (χ4n) is 4.97. The Balaban J connectivity index is 1.63. The molecule has 4 aromatic carbocycles. The number of aromatic nitrogens is 2. The summed E-state index contributed by atoms with van der Waals surface area (Å²) < 4.78 is 33.0. The van der Waals surface area contributed by atoms with E-state index in [1.807, 2.05) is 38.1 Å². The molecule has 45 heavy (non-hydrogen) atoms. The lowest BCUT2D eigenvalue weighted by atomic mass is 9.96. The predicted molar refractivity (Wildman–Crippen MR) is 181 cm³/mol. The van der Waals surface area contributed by atoms with Gasteiger partial charge in [0.25, 0.3) is 5.56 Å². The van der Waals surface area contributed by atoms with E-state index in [1.165, 1.54) is 23.0 Å². The van der Waals surface area contributed by atoms with Gasteiger partial charge in [-0.3, -0.25) is 4.79 Å². The summed E-state index contributed by atoms with van der Waals surface area (Å²) in [6, 6.07) is 19.0. The second kappa shape index (κ2) is 13.8. The minimum absolute atomic E-state index is 0.0819. The van der Waals surface area contributed by atoms with Crippen molar-refractivity contribution in [1.29, 1.82) is 0 Å². The van der Waals surface area contributed by atoms with Crippen LogP contribution in [0.25, 0.3) is 22.3 Å². The number of methoxy groups -OCH3 is 1. The predicted octanol–water partition coefficient (Wildman–Crippen LogP) is 8.92. The van der Waals surface area contributed by atoms with Crippen molar-refractivity contribution >= 4 is 44.6 Å². The quantitative estimate of drug-likeness (QED) is 0.137. The molecule has 1 aromatic heterocycles. The lowest BCUT2D eigenvalue weighted by Gasteiger charge is -2.18. The van der Waals surface area contributed by atoms with Crippen LogP contribution in [0, 0.1) is 12.7 Å². The molecule has 0 aliphatic heterocycles. The average molecular weight is 693 g/mol. The maximum absolute atomic E-state index is 13.9. The van der Waals surface area contributed by atoms with Gasteiger partial charge in [-0.1, -0.05) is 49.7 Å². The maximum atomic E-state index is 13.9. The Bertz CT molecular complexity index is 1980. The van der Waals surface area contributed by atoms with Crippen molar-refractivity contribution in [3.05, 3.63) is 115 Å². The highest BCUT2D eigenvalue weighted by Crippen LogP contribution is 2.43. The van der Waals surface area contributed by atoms with E-state index in [9.17, 15) is 9.18 Å². The van der Waals surface area contributed by atoms with Gasteiger partial charge in [0.1, 0.15) is 23.2 Å². The smallest absolute Gasteiger partial charge is 0.282 e. The zero-order valence-electron chi connectivity index (χ0n) is 25.5. The molecule has 0 unspecified atom stereocenters. The monoisotopic (exact) mass is 691 g/mol. The van der Waals surface area contributed by atoms with Gasteiger partial charge in [0.15, 0.2) is 17.3 Å². The van der Waals surface area contributed by atoms with Gasteiger partial charge in [-0.2, -0.15) is 9.78 Å². The van der Waals surface area contributed by atoms with E-state index in [1.54, 1.807) is 37.4 Å². The first-order valence-corrected chi connectivity index (χ1v) is 15.6. The number of hydrogen-bond acceptors (Lipinski definition) is 6. The Morgan fingerprint density at radius 2 is 1.84 bits per heavy atom. The Labute approximate surface area is 274 Å². The van der Waals surface area contributed by atoms with Gasteiger partial charge in [-0.05, 0) is 94.9 Å². The van der Waals surface area contributed by atoms with Gasteiger partial charge >= 0.3 is 0 Å². The number of para-hydroxylation sites is 1. The molecule has 5 rings (SSSR count). The number of hydrogen-bond donors (Lipinski definition) is 0. The van der Waals surface area contributed by atoms with Crippen molar-refractivity contribution in [3.8, 4) is 28.6 Å². The fraction of sp³-hybridized carbons (Fsp3) is 0.229. The second-order valence-electron chi connectivity index (χ2n) is 10.7. The van der Waals surface area contributed by atoms with Gasteiger partial charge in [0, 0.05) is 15.6 Å². The van der Waals surface area contributed by atoms with E-state index in [0.29, 0.717) is 50.4 Å². The summed E-state index contributed by atoms with van der Waals surface area (Å²) in [5.74, 6) is 1.64. The van der Waals surface area contributed by atoms with Gasteiger partial charge in [0.2, 0.25) is 0 Å². The van der Waals surface area contributed by atoms with Crippen LogP contribution in [0.15, 0.2) is 81.1 Å². The highest BCUT2D eigenvalue weighted by Gasteiger charge is 2.20. The minimum atomic E-state index is -0.358. The first-order chi connectivity index (χ1) is 21.6. The van der Waals surface area contributed by atoms with Crippen LogP contribution in [-0.4, -0.2) is 29.6 Å². The lowest BCUT2D eigenvalue weighted by molar-refractivity contribution is 0.269. The van der Waals surface area contributed by atoms with E-state index in [4.69, 9.17) is 30.8 Å². The molecule has 10 heteroatoms. The van der Waals surface area contributed by atoms with E-state index < -0.39 is 0 Å². The Morgan fingerprint density at radius 3 is 2.56 bits per heavy atom. The fourth-order valence-corrected chi connectivity index (χ4v) is 5.62. The summed E-state index contributed by atoms with van der Waals surface area (Å²) in [6.45, 7) is 8.38. The molecule has 0 radical (unpaired) electrons. The van der Waals surface area contributed by atoms with Crippen LogP contribution in [0.1, 0.15) is 48.9 Å². The summed E-state index contributed by atoms with van der Waals surface area (Å²) in [4.78, 5) is 18.8. The Morgan fingerprint density at radius 1 is 1.07 bits per heavy atom. The van der Waals surface area contributed by atoms with Crippen LogP contribution in [0.2, 0.25) is 5.02 Å². The van der Waals surface area contributed by atoms with E-state index in [0.717, 1.165) is 22.4 Å². The molecule has 5 aromatic rings. The third-order valence-corrected chi connectivity index (χ3v) is 8.68. The van der Waals surface area contributed by atoms with Crippen molar-refractivity contribution in [1.82, 2.24) is 9.66 Å². The zero-order chi connectivity index (χ0) is 32.2. The van der Waals surface area contributed by atoms with Crippen molar-refractivity contribution in [2.75, 3.05) is 13.7 Å². The lowest BCUT2D eigenvalue weighted by Crippen LogP contribution is -2.21. The van der Waals surface area contributed by atoms with Crippen LogP contribution in [-0.2, 0) is 6.61 Å². The highest BCUT2D eigenvalue weighted by atomic mass is 79.9. The third kappa shape index (κ3) is 6.74. The number of ether oxygens (including phenoxy) is 3. The Kier molecular flexibility index (Phi) is 9.90. The molecule has 0 spiro atoms. The molecule has 0 fully saturated rings. The summed E-state index contributed by atoms with van der Waals surface area (Å²) in [6.07, 6.45) is 1.53. The standard InChI is InChI=1S/C35H32BrClFN3O4/c1-6-44-30-16-23(31(36)32(37)33(30)45-19-22-10-9-11-24(38)15-22)18-39-41-34(40-28-13-8-7-12-25(28)35(41)42)27-17-26(20(2)3)29(43-5)14-21(27)4/h7-18,20H,6,19H2,1-5H3. The van der Waals surface area contributed by atoms with Gasteiger partial charge in [-0.25, -0.2) is 9.37 Å². The molecule has 0 aliphatic rings. The SMILES string of the molecule is CCOc1cc(C=Nn2c(-c3cc(C(C)C)c(OC)cc3C)nc3ccccc3c2=O)c(Br)c(Cl)c1OCc1cccc(F)c1. The molecule has 0 saturated heterocycles. The first kappa shape index (κ1) is 32.2. The number of benzene rings is 4. The van der Waals surface area contributed by atoms with Crippen LogP contribution in [0.5, 0.6) is 17.2 Å². The van der Waals surface area contributed by atoms with Crippen LogP contribution in [0.3, 0.4) is 0 Å². The molecule has 1 heterocycles. The molecule has 7 nitrogen and oxygen atoms in total. The van der Waals surface area contributed by atoms with Gasteiger partial charge in [0.05, 0.1) is 30.8 Å². The number of fused-ring (bicyclic) bond motifs is 1. The molecule has 0 N–H and O–H groups in total. The van der Waals surface area contributed by atoms with Crippen LogP contribution in [0.4, 0.5) is 4.39 Å². The van der Waals surface area contributed by atoms with Crippen LogP contribution < -0.4 is 19.8 Å². The molecular weight excluding hydrogens is 661 g/mol. The molecule has 0 aliphatic carbocycles. The molecular formula is C35H32BrClFN3O4.